The van der Waals surface area contributed by atoms with Crippen molar-refractivity contribution in [3.05, 3.63) is 11.3 Å². The van der Waals surface area contributed by atoms with Gasteiger partial charge in [0.1, 0.15) is 0 Å². The number of aryl methyl sites for hydroxylation is 2. The maximum atomic E-state index is 5.53. The molecule has 5 nitrogen and oxygen atoms in total. The zero-order chi connectivity index (χ0) is 15.4. The van der Waals surface area contributed by atoms with Gasteiger partial charge in [0.15, 0.2) is 0 Å². The predicted octanol–water partition coefficient (Wildman–Crippen LogP) is 1.95. The predicted molar refractivity (Wildman–Crippen MR) is 85.6 cm³/mol. The lowest BCUT2D eigenvalue weighted by molar-refractivity contribution is 0.162. The number of nitrogens with one attached hydrogen (secondary N) is 1. The summed E-state index contributed by atoms with van der Waals surface area (Å²) in [6.07, 6.45) is 2.63. The Bertz CT molecular complexity index is 449. The largest absolute Gasteiger partial charge is 0.481 e. The number of aromatic nitrogens is 2. The van der Waals surface area contributed by atoms with Crippen LogP contribution in [0.25, 0.3) is 0 Å². The molecule has 1 atom stereocenters. The Balaban J connectivity index is 2.09. The Morgan fingerprint density at radius 2 is 2.24 bits per heavy atom. The van der Waals surface area contributed by atoms with Crippen molar-refractivity contribution in [3.8, 4) is 5.88 Å². The number of rotatable bonds is 6. The molecule has 1 N–H and O–H groups in total. The molecule has 1 fully saturated rings. The number of nitrogens with zero attached hydrogens (tertiary/aromatic N) is 3. The maximum absolute atomic E-state index is 5.53. The first kappa shape index (κ1) is 16.3. The van der Waals surface area contributed by atoms with Crippen molar-refractivity contribution in [2.75, 3.05) is 26.7 Å². The molecule has 120 valence electrons. The van der Waals surface area contributed by atoms with E-state index in [4.69, 9.17) is 4.74 Å². The Morgan fingerprint density at radius 1 is 1.48 bits per heavy atom. The second-order valence-electron chi connectivity index (χ2n) is 6.43. The summed E-state index contributed by atoms with van der Waals surface area (Å²) in [5.74, 6) is 1.64. The van der Waals surface area contributed by atoms with Gasteiger partial charge in [-0.15, -0.1) is 0 Å². The third kappa shape index (κ3) is 3.98. The molecular formula is C16H30N4O. The lowest BCUT2D eigenvalue weighted by Gasteiger charge is -2.32. The highest BCUT2D eigenvalue weighted by Gasteiger charge is 2.22. The van der Waals surface area contributed by atoms with Crippen LogP contribution >= 0.6 is 0 Å². The van der Waals surface area contributed by atoms with E-state index in [2.05, 4.69) is 36.1 Å². The van der Waals surface area contributed by atoms with Gasteiger partial charge in [-0.3, -0.25) is 4.90 Å². The molecule has 1 aromatic rings. The van der Waals surface area contributed by atoms with E-state index in [9.17, 15) is 0 Å². The molecule has 0 bridgehead atoms. The van der Waals surface area contributed by atoms with Crippen LogP contribution < -0.4 is 10.1 Å². The minimum absolute atomic E-state index is 0.524. The average molecular weight is 294 g/mol. The standard InChI is InChI=1S/C16H30N4O/c1-12(2)20(10-14-7-6-8-17-9-14)11-15-13(3)18-19(4)16(15)21-5/h12,14,17H,6-11H2,1-5H3. The van der Waals surface area contributed by atoms with Crippen LogP contribution in [0.2, 0.25) is 0 Å². The van der Waals surface area contributed by atoms with E-state index in [1.807, 2.05) is 11.7 Å². The van der Waals surface area contributed by atoms with Crippen molar-refractivity contribution in [1.82, 2.24) is 20.0 Å². The van der Waals surface area contributed by atoms with Gasteiger partial charge in [-0.05, 0) is 52.6 Å². The van der Waals surface area contributed by atoms with Gasteiger partial charge in [0.2, 0.25) is 5.88 Å². The molecule has 1 aliphatic heterocycles. The Hall–Kier alpha value is -1.07. The molecule has 5 heteroatoms. The molecule has 21 heavy (non-hydrogen) atoms. The SMILES string of the molecule is COc1c(CN(CC2CCCNC2)C(C)C)c(C)nn1C. The fraction of sp³-hybridized carbons (Fsp3) is 0.812. The van der Waals surface area contributed by atoms with E-state index in [0.29, 0.717) is 6.04 Å². The monoisotopic (exact) mass is 294 g/mol. The quantitative estimate of drug-likeness (QED) is 0.871. The van der Waals surface area contributed by atoms with Gasteiger partial charge in [-0.2, -0.15) is 5.10 Å². The van der Waals surface area contributed by atoms with Crippen LogP contribution in [0.3, 0.4) is 0 Å². The minimum atomic E-state index is 0.524. The average Bonchev–Trinajstić information content (AvgIpc) is 2.73. The number of piperidine rings is 1. The fourth-order valence-corrected chi connectivity index (χ4v) is 3.19. The van der Waals surface area contributed by atoms with Gasteiger partial charge in [0, 0.05) is 26.2 Å². The van der Waals surface area contributed by atoms with E-state index < -0.39 is 0 Å². The highest BCUT2D eigenvalue weighted by molar-refractivity contribution is 5.30. The molecule has 2 heterocycles. The van der Waals surface area contributed by atoms with Gasteiger partial charge in [0.05, 0.1) is 18.4 Å². The van der Waals surface area contributed by atoms with E-state index >= 15 is 0 Å². The lowest BCUT2D eigenvalue weighted by atomic mass is 9.98. The van der Waals surface area contributed by atoms with Gasteiger partial charge in [-0.25, -0.2) is 4.68 Å². The summed E-state index contributed by atoms with van der Waals surface area (Å²) < 4.78 is 7.37. The molecule has 2 rings (SSSR count). The molecule has 0 amide bonds. The van der Waals surface area contributed by atoms with Crippen molar-refractivity contribution in [2.45, 2.75) is 46.2 Å². The van der Waals surface area contributed by atoms with Crippen LogP contribution in [0.5, 0.6) is 5.88 Å². The van der Waals surface area contributed by atoms with Crippen LogP contribution in [0.4, 0.5) is 0 Å². The number of methoxy groups -OCH3 is 1. The van der Waals surface area contributed by atoms with Crippen LogP contribution in [-0.4, -0.2) is 47.5 Å². The second-order valence-corrected chi connectivity index (χ2v) is 6.43. The molecule has 0 saturated carbocycles. The van der Waals surface area contributed by atoms with Crippen molar-refractivity contribution in [3.63, 3.8) is 0 Å². The first-order valence-electron chi connectivity index (χ1n) is 8.04. The fourth-order valence-electron chi connectivity index (χ4n) is 3.19. The molecule has 0 radical (unpaired) electrons. The normalized spacial score (nSPS) is 19.5. The van der Waals surface area contributed by atoms with Gasteiger partial charge < -0.3 is 10.1 Å². The summed E-state index contributed by atoms with van der Waals surface area (Å²) in [6, 6.07) is 0.524. The molecule has 0 aliphatic carbocycles. The van der Waals surface area contributed by atoms with Gasteiger partial charge >= 0.3 is 0 Å². The van der Waals surface area contributed by atoms with Crippen molar-refractivity contribution in [2.24, 2.45) is 13.0 Å². The van der Waals surface area contributed by atoms with Crippen LogP contribution in [0.15, 0.2) is 0 Å². The molecule has 1 aliphatic rings. The van der Waals surface area contributed by atoms with Crippen molar-refractivity contribution >= 4 is 0 Å². The smallest absolute Gasteiger partial charge is 0.216 e. The topological polar surface area (TPSA) is 42.3 Å². The first-order valence-corrected chi connectivity index (χ1v) is 8.04. The molecule has 1 aromatic heterocycles. The Labute approximate surface area is 128 Å². The molecule has 1 unspecified atom stereocenters. The molecule has 1 saturated heterocycles. The van der Waals surface area contributed by atoms with E-state index in [1.165, 1.54) is 24.9 Å². The van der Waals surface area contributed by atoms with Gasteiger partial charge in [-0.1, -0.05) is 0 Å². The first-order chi connectivity index (χ1) is 10.0. The second kappa shape index (κ2) is 7.27. The zero-order valence-electron chi connectivity index (χ0n) is 14.1. The summed E-state index contributed by atoms with van der Waals surface area (Å²) in [7, 11) is 3.67. The number of hydrogen-bond donors (Lipinski definition) is 1. The molecule has 0 aromatic carbocycles. The van der Waals surface area contributed by atoms with Crippen LogP contribution in [0.1, 0.15) is 37.9 Å². The zero-order valence-corrected chi connectivity index (χ0v) is 14.1. The van der Waals surface area contributed by atoms with E-state index in [-0.39, 0.29) is 0 Å². The van der Waals surface area contributed by atoms with Crippen LogP contribution in [0, 0.1) is 12.8 Å². The summed E-state index contributed by atoms with van der Waals surface area (Å²) >= 11 is 0. The summed E-state index contributed by atoms with van der Waals surface area (Å²) in [4.78, 5) is 2.55. The van der Waals surface area contributed by atoms with Gasteiger partial charge in [0.25, 0.3) is 0 Å². The Morgan fingerprint density at radius 3 is 2.81 bits per heavy atom. The lowest BCUT2D eigenvalue weighted by Crippen LogP contribution is -2.40. The molecular weight excluding hydrogens is 264 g/mol. The van der Waals surface area contributed by atoms with Crippen molar-refractivity contribution in [1.29, 1.82) is 0 Å². The molecule has 0 spiro atoms. The summed E-state index contributed by atoms with van der Waals surface area (Å²) in [5, 5.41) is 8.01. The summed E-state index contributed by atoms with van der Waals surface area (Å²) in [5.41, 5.74) is 2.29. The van der Waals surface area contributed by atoms with Crippen molar-refractivity contribution < 1.29 is 4.74 Å². The minimum Gasteiger partial charge on any atom is -0.481 e. The van der Waals surface area contributed by atoms with E-state index in [0.717, 1.165) is 37.1 Å². The number of hydrogen-bond acceptors (Lipinski definition) is 4. The summed E-state index contributed by atoms with van der Waals surface area (Å²) in [6.45, 7) is 11.0. The third-order valence-corrected chi connectivity index (χ3v) is 4.47. The van der Waals surface area contributed by atoms with Crippen LogP contribution in [-0.2, 0) is 13.6 Å². The highest BCUT2D eigenvalue weighted by Crippen LogP contribution is 2.24. The van der Waals surface area contributed by atoms with E-state index in [1.54, 1.807) is 7.11 Å². The maximum Gasteiger partial charge on any atom is 0.216 e. The number of ether oxygens (including phenoxy) is 1. The third-order valence-electron chi connectivity index (χ3n) is 4.47. The Kier molecular flexibility index (Phi) is 5.65. The highest BCUT2D eigenvalue weighted by atomic mass is 16.5.